The van der Waals surface area contributed by atoms with Gasteiger partial charge in [-0.3, -0.25) is 9.20 Å². The Balaban J connectivity index is 1.69. The Hall–Kier alpha value is -3.29. The van der Waals surface area contributed by atoms with Crippen molar-refractivity contribution in [2.24, 2.45) is 5.92 Å². The first kappa shape index (κ1) is 26.3. The Morgan fingerprint density at radius 1 is 1.24 bits per heavy atom. The molecule has 5 rings (SSSR count). The predicted molar refractivity (Wildman–Crippen MR) is 147 cm³/mol. The molecule has 0 aliphatic carbocycles. The summed E-state index contributed by atoms with van der Waals surface area (Å²) >= 11 is 12.7. The molecule has 1 unspecified atom stereocenters. The summed E-state index contributed by atoms with van der Waals surface area (Å²) < 4.78 is 27.6. The molecule has 1 aliphatic heterocycles. The smallest absolute Gasteiger partial charge is 0.275 e. The number of hydrogen-bond donors (Lipinski definition) is 0. The summed E-state index contributed by atoms with van der Waals surface area (Å²) in [6, 6.07) is 13.4. The van der Waals surface area contributed by atoms with Crippen LogP contribution >= 0.6 is 23.2 Å². The van der Waals surface area contributed by atoms with Crippen LogP contribution in [0, 0.1) is 18.7 Å². The average Bonchev–Trinajstić information content (AvgIpc) is 3.50. The minimum absolute atomic E-state index is 0.248. The van der Waals surface area contributed by atoms with Gasteiger partial charge in [-0.05, 0) is 61.2 Å². The van der Waals surface area contributed by atoms with E-state index >= 15 is 0 Å². The van der Waals surface area contributed by atoms with Crippen LogP contribution in [0.4, 0.5) is 4.39 Å². The molecular weight excluding hydrogens is 528 g/mol. The molecule has 0 radical (unpaired) electrons. The van der Waals surface area contributed by atoms with Gasteiger partial charge in [0.2, 0.25) is 0 Å². The lowest BCUT2D eigenvalue weighted by Crippen LogP contribution is -2.37. The van der Waals surface area contributed by atoms with Crippen molar-refractivity contribution in [3.8, 4) is 22.9 Å². The van der Waals surface area contributed by atoms with Crippen molar-refractivity contribution in [3.05, 3.63) is 81.2 Å². The van der Waals surface area contributed by atoms with E-state index in [1.54, 1.807) is 47.6 Å². The quantitative estimate of drug-likeness (QED) is 0.238. The molecule has 0 N–H and O–H groups in total. The molecular formula is C29H28Cl2FN3O3. The number of aryl methyl sites for hydroxylation is 1. The standard InChI is InChI=1S/C29H28Cl2FN3O3/c1-16(2)12-13-34(22-15-38-28-19(22)9-10-20(30)25(28)31)29(36)26-27(18-8-11-21(32)17(3)14-18)35-23(33-26)6-5-7-24(35)37-4/h5-11,14,16,22H,12-13,15H2,1-4H3. The first-order valence-corrected chi connectivity index (χ1v) is 13.2. The fourth-order valence-electron chi connectivity index (χ4n) is 4.83. The lowest BCUT2D eigenvalue weighted by Gasteiger charge is -2.29. The van der Waals surface area contributed by atoms with E-state index in [0.717, 1.165) is 12.0 Å². The second kappa shape index (κ2) is 10.5. The molecule has 38 heavy (non-hydrogen) atoms. The summed E-state index contributed by atoms with van der Waals surface area (Å²) in [6.07, 6.45) is 0.778. The number of rotatable bonds is 7. The third-order valence-electron chi connectivity index (χ3n) is 6.86. The lowest BCUT2D eigenvalue weighted by molar-refractivity contribution is 0.0634. The molecule has 0 fully saturated rings. The van der Waals surface area contributed by atoms with Gasteiger partial charge >= 0.3 is 0 Å². The number of imidazole rings is 1. The highest BCUT2D eigenvalue weighted by atomic mass is 35.5. The SMILES string of the molecule is COc1cccc2nc(C(=O)N(CCC(C)C)C3COc4c3ccc(Cl)c4Cl)c(-c3ccc(F)c(C)c3)n12. The zero-order valence-corrected chi connectivity index (χ0v) is 23.1. The van der Waals surface area contributed by atoms with E-state index < -0.39 is 0 Å². The Morgan fingerprint density at radius 3 is 2.74 bits per heavy atom. The lowest BCUT2D eigenvalue weighted by atomic mass is 10.0. The van der Waals surface area contributed by atoms with E-state index in [0.29, 0.717) is 56.6 Å². The molecule has 1 amide bonds. The molecule has 9 heteroatoms. The zero-order valence-electron chi connectivity index (χ0n) is 21.6. The van der Waals surface area contributed by atoms with E-state index in [2.05, 4.69) is 13.8 Å². The van der Waals surface area contributed by atoms with Gasteiger partial charge in [-0.2, -0.15) is 0 Å². The maximum absolute atomic E-state index is 14.4. The molecule has 0 saturated carbocycles. The van der Waals surface area contributed by atoms with Crippen LogP contribution in [0.1, 0.15) is 47.9 Å². The highest BCUT2D eigenvalue weighted by molar-refractivity contribution is 6.43. The van der Waals surface area contributed by atoms with Crippen LogP contribution in [0.25, 0.3) is 16.9 Å². The highest BCUT2D eigenvalue weighted by Gasteiger charge is 2.37. The van der Waals surface area contributed by atoms with Crippen LogP contribution in [0.2, 0.25) is 10.0 Å². The molecule has 0 saturated heterocycles. The molecule has 4 aromatic rings. The zero-order chi connectivity index (χ0) is 27.1. The molecule has 0 spiro atoms. The second-order valence-electron chi connectivity index (χ2n) is 9.82. The average molecular weight is 556 g/mol. The summed E-state index contributed by atoms with van der Waals surface area (Å²) in [4.78, 5) is 21.0. The van der Waals surface area contributed by atoms with Gasteiger partial charge in [0.25, 0.3) is 5.91 Å². The van der Waals surface area contributed by atoms with Crippen molar-refractivity contribution in [2.45, 2.75) is 33.2 Å². The number of nitrogens with zero attached hydrogens (tertiary/aromatic N) is 3. The summed E-state index contributed by atoms with van der Waals surface area (Å²) in [5, 5.41) is 0.732. The van der Waals surface area contributed by atoms with E-state index in [1.165, 1.54) is 6.07 Å². The number of aromatic nitrogens is 2. The second-order valence-corrected chi connectivity index (χ2v) is 10.6. The Labute approximate surface area is 230 Å². The van der Waals surface area contributed by atoms with Crippen molar-refractivity contribution >= 4 is 34.8 Å². The van der Waals surface area contributed by atoms with Crippen molar-refractivity contribution in [3.63, 3.8) is 0 Å². The number of fused-ring (bicyclic) bond motifs is 2. The molecule has 1 aliphatic rings. The maximum atomic E-state index is 14.4. The third kappa shape index (κ3) is 4.58. The van der Waals surface area contributed by atoms with E-state index in [4.69, 9.17) is 37.7 Å². The Morgan fingerprint density at radius 2 is 2.03 bits per heavy atom. The van der Waals surface area contributed by atoms with Crippen LogP contribution in [0.5, 0.6) is 11.6 Å². The number of carbonyl (C=O) groups is 1. The Kier molecular flexibility index (Phi) is 7.25. The van der Waals surface area contributed by atoms with Gasteiger partial charge < -0.3 is 14.4 Å². The van der Waals surface area contributed by atoms with Crippen LogP contribution < -0.4 is 9.47 Å². The van der Waals surface area contributed by atoms with E-state index in [1.807, 2.05) is 18.2 Å². The van der Waals surface area contributed by atoms with Crippen LogP contribution in [0.15, 0.2) is 48.5 Å². The fourth-order valence-corrected chi connectivity index (χ4v) is 5.20. The number of ether oxygens (including phenoxy) is 2. The van der Waals surface area contributed by atoms with E-state index in [-0.39, 0.29) is 30.1 Å². The number of hydrogen-bond acceptors (Lipinski definition) is 4. The van der Waals surface area contributed by atoms with Crippen molar-refractivity contribution in [2.75, 3.05) is 20.3 Å². The summed E-state index contributed by atoms with van der Waals surface area (Å²) in [5.41, 5.74) is 3.26. The van der Waals surface area contributed by atoms with Crippen LogP contribution in [-0.2, 0) is 0 Å². The number of amides is 1. The molecule has 6 nitrogen and oxygen atoms in total. The number of pyridine rings is 1. The predicted octanol–water partition coefficient (Wildman–Crippen LogP) is 7.39. The molecule has 3 heterocycles. The maximum Gasteiger partial charge on any atom is 0.275 e. The minimum atomic E-state index is -0.375. The van der Waals surface area contributed by atoms with Crippen molar-refractivity contribution < 1.29 is 18.7 Å². The van der Waals surface area contributed by atoms with Gasteiger partial charge in [0.05, 0.1) is 23.9 Å². The highest BCUT2D eigenvalue weighted by Crippen LogP contribution is 2.45. The monoisotopic (exact) mass is 555 g/mol. The molecule has 0 bridgehead atoms. The molecule has 198 valence electrons. The van der Waals surface area contributed by atoms with Gasteiger partial charge in [-0.25, -0.2) is 9.37 Å². The molecule has 1 atom stereocenters. The fraction of sp³-hybridized carbons (Fsp3) is 0.310. The largest absolute Gasteiger partial charge is 0.489 e. The minimum Gasteiger partial charge on any atom is -0.489 e. The first-order chi connectivity index (χ1) is 18.2. The molecule has 2 aromatic carbocycles. The third-order valence-corrected chi connectivity index (χ3v) is 7.65. The van der Waals surface area contributed by atoms with Crippen LogP contribution in [-0.4, -0.2) is 40.5 Å². The van der Waals surface area contributed by atoms with Crippen molar-refractivity contribution in [1.82, 2.24) is 14.3 Å². The molecule has 2 aromatic heterocycles. The van der Waals surface area contributed by atoms with Gasteiger partial charge in [0.15, 0.2) is 11.6 Å². The van der Waals surface area contributed by atoms with Gasteiger partial charge in [-0.15, -0.1) is 0 Å². The summed E-state index contributed by atoms with van der Waals surface area (Å²) in [6.45, 7) is 6.65. The van der Waals surface area contributed by atoms with Gasteiger partial charge in [-0.1, -0.05) is 49.2 Å². The Bertz CT molecular complexity index is 1540. The normalized spacial score (nSPS) is 14.6. The van der Waals surface area contributed by atoms with Crippen molar-refractivity contribution in [1.29, 1.82) is 0 Å². The van der Waals surface area contributed by atoms with Gasteiger partial charge in [0.1, 0.15) is 28.8 Å². The van der Waals surface area contributed by atoms with E-state index in [9.17, 15) is 9.18 Å². The summed E-state index contributed by atoms with van der Waals surface area (Å²) in [7, 11) is 1.56. The number of halogens is 3. The van der Waals surface area contributed by atoms with Gasteiger partial charge in [0, 0.05) is 17.7 Å². The number of benzene rings is 2. The summed E-state index contributed by atoms with van der Waals surface area (Å²) in [5.74, 6) is 0.784. The topological polar surface area (TPSA) is 56.1 Å². The first-order valence-electron chi connectivity index (χ1n) is 12.4. The number of carbonyl (C=O) groups excluding carboxylic acids is 1. The number of methoxy groups -OCH3 is 1. The van der Waals surface area contributed by atoms with Crippen LogP contribution in [0.3, 0.4) is 0 Å².